The quantitative estimate of drug-likeness (QED) is 0.529. The SMILES string of the molecule is CCc1oc(-c2ccccc2C(F)(F)F)nc1CO[C@H]1CCC[C@@H](OCC(OC)C(=O)O)C1. The van der Waals surface area contributed by atoms with E-state index in [9.17, 15) is 18.0 Å². The Morgan fingerprint density at radius 3 is 2.58 bits per heavy atom. The molecule has 0 aliphatic heterocycles. The van der Waals surface area contributed by atoms with Crippen molar-refractivity contribution in [3.63, 3.8) is 0 Å². The van der Waals surface area contributed by atoms with Gasteiger partial charge in [0.05, 0.1) is 31.0 Å². The molecule has 1 aromatic carbocycles. The summed E-state index contributed by atoms with van der Waals surface area (Å²) in [4.78, 5) is 15.4. The topological polar surface area (TPSA) is 91.0 Å². The lowest BCUT2D eigenvalue weighted by Gasteiger charge is -2.29. The number of hydrogen-bond acceptors (Lipinski definition) is 6. The van der Waals surface area contributed by atoms with E-state index >= 15 is 0 Å². The zero-order chi connectivity index (χ0) is 24.0. The fraction of sp³-hybridized carbons (Fsp3) is 0.565. The number of aromatic nitrogens is 1. The molecule has 1 fully saturated rings. The lowest BCUT2D eigenvalue weighted by Crippen LogP contribution is -2.34. The lowest BCUT2D eigenvalue weighted by atomic mass is 9.95. The summed E-state index contributed by atoms with van der Waals surface area (Å²) >= 11 is 0. The van der Waals surface area contributed by atoms with Gasteiger partial charge in [0.25, 0.3) is 0 Å². The summed E-state index contributed by atoms with van der Waals surface area (Å²) in [6.45, 7) is 1.89. The van der Waals surface area contributed by atoms with Gasteiger partial charge in [-0.15, -0.1) is 0 Å². The van der Waals surface area contributed by atoms with Crippen LogP contribution in [-0.4, -0.2) is 48.1 Å². The lowest BCUT2D eigenvalue weighted by molar-refractivity contribution is -0.155. The number of methoxy groups -OCH3 is 1. The number of ether oxygens (including phenoxy) is 3. The van der Waals surface area contributed by atoms with Gasteiger partial charge in [0.1, 0.15) is 11.5 Å². The van der Waals surface area contributed by atoms with Crippen LogP contribution in [0.4, 0.5) is 13.2 Å². The van der Waals surface area contributed by atoms with E-state index in [1.807, 2.05) is 6.92 Å². The number of hydrogen-bond donors (Lipinski definition) is 1. The third kappa shape index (κ3) is 6.55. The van der Waals surface area contributed by atoms with E-state index in [4.69, 9.17) is 23.7 Å². The Morgan fingerprint density at radius 1 is 1.24 bits per heavy atom. The molecular weight excluding hydrogens is 443 g/mol. The van der Waals surface area contributed by atoms with Crippen LogP contribution < -0.4 is 0 Å². The first-order valence-corrected chi connectivity index (χ1v) is 10.9. The van der Waals surface area contributed by atoms with E-state index in [1.54, 1.807) is 0 Å². The Hall–Kier alpha value is -2.43. The molecule has 1 N–H and O–H groups in total. The number of rotatable bonds is 10. The van der Waals surface area contributed by atoms with Crippen molar-refractivity contribution in [2.24, 2.45) is 0 Å². The van der Waals surface area contributed by atoms with Crippen molar-refractivity contribution in [2.45, 2.75) is 70.1 Å². The van der Waals surface area contributed by atoms with Gasteiger partial charge in [-0.2, -0.15) is 13.2 Å². The summed E-state index contributed by atoms with van der Waals surface area (Å²) < 4.78 is 62.4. The predicted octanol–water partition coefficient (Wildman–Crippen LogP) is 4.87. The number of aliphatic carboxylic acids is 1. The Kier molecular flexibility index (Phi) is 8.50. The normalized spacial score (nSPS) is 20.0. The van der Waals surface area contributed by atoms with Crippen molar-refractivity contribution >= 4 is 5.97 Å². The zero-order valence-corrected chi connectivity index (χ0v) is 18.6. The molecule has 1 heterocycles. The number of nitrogens with zero attached hydrogens (tertiary/aromatic N) is 1. The highest BCUT2D eigenvalue weighted by atomic mass is 19.4. The molecule has 3 rings (SSSR count). The minimum atomic E-state index is -4.52. The molecule has 7 nitrogen and oxygen atoms in total. The molecule has 0 amide bonds. The minimum Gasteiger partial charge on any atom is -0.479 e. The second kappa shape index (κ2) is 11.1. The van der Waals surface area contributed by atoms with E-state index < -0.39 is 23.8 Å². The van der Waals surface area contributed by atoms with Crippen LogP contribution in [-0.2, 0) is 38.2 Å². The molecule has 33 heavy (non-hydrogen) atoms. The van der Waals surface area contributed by atoms with Crippen molar-refractivity contribution in [3.05, 3.63) is 41.3 Å². The van der Waals surface area contributed by atoms with Crippen LogP contribution in [0.1, 0.15) is 49.6 Å². The summed E-state index contributed by atoms with van der Waals surface area (Å²) in [5.41, 5.74) is -0.439. The number of aryl methyl sites for hydroxylation is 1. The molecule has 0 spiro atoms. The first-order valence-electron chi connectivity index (χ1n) is 10.9. The van der Waals surface area contributed by atoms with Gasteiger partial charge in [0.2, 0.25) is 5.89 Å². The second-order valence-corrected chi connectivity index (χ2v) is 7.90. The van der Waals surface area contributed by atoms with Crippen LogP contribution in [0.3, 0.4) is 0 Å². The summed E-state index contributed by atoms with van der Waals surface area (Å²) in [6.07, 6.45) is -2.35. The van der Waals surface area contributed by atoms with E-state index in [2.05, 4.69) is 4.98 Å². The van der Waals surface area contributed by atoms with Crippen molar-refractivity contribution in [1.29, 1.82) is 0 Å². The van der Waals surface area contributed by atoms with Crippen molar-refractivity contribution in [3.8, 4) is 11.5 Å². The minimum absolute atomic E-state index is 0.0472. The molecule has 0 bridgehead atoms. The molecule has 1 saturated carbocycles. The molecular formula is C23H28F3NO6. The molecule has 182 valence electrons. The molecule has 3 atom stereocenters. The fourth-order valence-electron chi connectivity index (χ4n) is 3.87. The van der Waals surface area contributed by atoms with Crippen molar-refractivity contribution in [1.82, 2.24) is 4.98 Å². The van der Waals surface area contributed by atoms with Gasteiger partial charge < -0.3 is 23.7 Å². The van der Waals surface area contributed by atoms with Gasteiger partial charge in [0.15, 0.2) is 6.10 Å². The number of carbonyl (C=O) groups is 1. The standard InChI is InChI=1S/C23H28F3NO6/c1-3-19-18(27-21(33-19)16-9-4-5-10-17(16)23(24,25)26)12-31-14-7-6-8-15(11-14)32-13-20(30-2)22(28)29/h4-5,9-10,14-15,20H,3,6-8,11-13H2,1-2H3,(H,28,29)/t14-,15+,20?/m0/s1. The number of carboxylic acids is 1. The van der Waals surface area contributed by atoms with Crippen LogP contribution in [0, 0.1) is 0 Å². The number of benzene rings is 1. The van der Waals surface area contributed by atoms with Gasteiger partial charge in [-0.1, -0.05) is 19.1 Å². The average molecular weight is 471 g/mol. The van der Waals surface area contributed by atoms with Gasteiger partial charge in [0, 0.05) is 19.1 Å². The largest absolute Gasteiger partial charge is 0.479 e. The van der Waals surface area contributed by atoms with Gasteiger partial charge in [-0.05, 0) is 37.8 Å². The summed E-state index contributed by atoms with van der Waals surface area (Å²) in [5, 5.41) is 9.05. The molecule has 1 aliphatic rings. The van der Waals surface area contributed by atoms with Crippen LogP contribution in [0.2, 0.25) is 0 Å². The van der Waals surface area contributed by atoms with Gasteiger partial charge >= 0.3 is 12.1 Å². The molecule has 10 heteroatoms. The van der Waals surface area contributed by atoms with Crippen LogP contribution in [0.25, 0.3) is 11.5 Å². The van der Waals surface area contributed by atoms with Crippen LogP contribution in [0.15, 0.2) is 28.7 Å². The highest BCUT2D eigenvalue weighted by Crippen LogP contribution is 2.37. The summed E-state index contributed by atoms with van der Waals surface area (Å²) in [6, 6.07) is 5.18. The number of carboxylic acid groups (broad SMARTS) is 1. The zero-order valence-electron chi connectivity index (χ0n) is 18.6. The van der Waals surface area contributed by atoms with E-state index in [0.717, 1.165) is 25.3 Å². The van der Waals surface area contributed by atoms with Crippen molar-refractivity contribution in [2.75, 3.05) is 13.7 Å². The number of oxazole rings is 1. The van der Waals surface area contributed by atoms with Crippen molar-refractivity contribution < 1.29 is 41.7 Å². The Balaban J connectivity index is 1.64. The predicted molar refractivity (Wildman–Crippen MR) is 112 cm³/mol. The maximum atomic E-state index is 13.4. The monoisotopic (exact) mass is 471 g/mol. The molecule has 2 aromatic rings. The Bertz CT molecular complexity index is 929. The average Bonchev–Trinajstić information content (AvgIpc) is 3.21. The summed E-state index contributed by atoms with van der Waals surface area (Å²) in [5.74, 6) is -0.681. The van der Waals surface area contributed by atoms with E-state index in [-0.39, 0.29) is 36.9 Å². The first kappa shape index (κ1) is 25.2. The Labute approximate surface area is 189 Å². The maximum Gasteiger partial charge on any atom is 0.417 e. The third-order valence-corrected chi connectivity index (χ3v) is 5.64. The van der Waals surface area contributed by atoms with Gasteiger partial charge in [-0.3, -0.25) is 0 Å². The molecule has 0 radical (unpaired) electrons. The fourth-order valence-corrected chi connectivity index (χ4v) is 3.87. The number of alkyl halides is 3. The molecule has 1 aromatic heterocycles. The molecule has 1 aliphatic carbocycles. The van der Waals surface area contributed by atoms with E-state index in [0.29, 0.717) is 24.3 Å². The smallest absolute Gasteiger partial charge is 0.417 e. The van der Waals surface area contributed by atoms with Gasteiger partial charge in [-0.25, -0.2) is 9.78 Å². The number of halogens is 3. The first-order chi connectivity index (χ1) is 15.7. The third-order valence-electron chi connectivity index (χ3n) is 5.64. The summed E-state index contributed by atoms with van der Waals surface area (Å²) in [7, 11) is 1.32. The molecule has 1 unspecified atom stereocenters. The van der Waals surface area contributed by atoms with Crippen LogP contribution in [0.5, 0.6) is 0 Å². The van der Waals surface area contributed by atoms with Crippen LogP contribution >= 0.6 is 0 Å². The maximum absolute atomic E-state index is 13.4. The molecule has 0 saturated heterocycles. The highest BCUT2D eigenvalue weighted by Gasteiger charge is 2.35. The second-order valence-electron chi connectivity index (χ2n) is 7.90. The van der Waals surface area contributed by atoms with E-state index in [1.165, 1.54) is 25.3 Å². The Morgan fingerprint density at radius 2 is 1.94 bits per heavy atom. The highest BCUT2D eigenvalue weighted by molar-refractivity contribution is 5.72.